The highest BCUT2D eigenvalue weighted by Gasteiger charge is 2.33. The lowest BCUT2D eigenvalue weighted by molar-refractivity contribution is -0.0939. The molecule has 3 heteroatoms. The molecule has 1 N–H and O–H groups in total. The Labute approximate surface area is 107 Å². The molecule has 0 amide bonds. The average molecular weight is 245 g/mol. The summed E-state index contributed by atoms with van der Waals surface area (Å²) in [5.74, 6) is 0. The molecule has 2 atom stereocenters. The van der Waals surface area contributed by atoms with E-state index in [1.807, 2.05) is 44.3 Å². The molecule has 2 aromatic rings. The van der Waals surface area contributed by atoms with Gasteiger partial charge in [-0.15, -0.1) is 0 Å². The summed E-state index contributed by atoms with van der Waals surface area (Å²) in [6.07, 6.45) is 3.57. The second-order valence-corrected chi connectivity index (χ2v) is 4.72. The van der Waals surface area contributed by atoms with Crippen LogP contribution in [0.5, 0.6) is 0 Å². The molecule has 0 radical (unpaired) electrons. The Hall–Kier alpha value is -1.45. The fourth-order valence-corrected chi connectivity index (χ4v) is 2.14. The number of aliphatic hydroxyl groups excluding tert-OH is 1. The Balaban J connectivity index is 2.54. The molecule has 0 aliphatic heterocycles. The second kappa shape index (κ2) is 5.04. The zero-order chi connectivity index (χ0) is 13.2. The molecule has 1 aromatic carbocycles. The quantitative estimate of drug-likeness (QED) is 0.900. The van der Waals surface area contributed by atoms with Gasteiger partial charge in [-0.3, -0.25) is 4.98 Å². The van der Waals surface area contributed by atoms with Crippen molar-refractivity contribution in [3.8, 4) is 0 Å². The van der Waals surface area contributed by atoms with Crippen LogP contribution in [0.4, 0.5) is 0 Å². The molecule has 0 aliphatic rings. The zero-order valence-electron chi connectivity index (χ0n) is 11.1. The van der Waals surface area contributed by atoms with Crippen LogP contribution < -0.4 is 0 Å². The van der Waals surface area contributed by atoms with Gasteiger partial charge in [-0.1, -0.05) is 31.2 Å². The number of hydrogen-bond acceptors (Lipinski definition) is 3. The minimum absolute atomic E-state index is 0.591. The van der Waals surface area contributed by atoms with Crippen molar-refractivity contribution in [2.24, 2.45) is 0 Å². The van der Waals surface area contributed by atoms with Crippen LogP contribution in [0.1, 0.15) is 31.9 Å². The lowest BCUT2D eigenvalue weighted by atomic mass is 9.89. The van der Waals surface area contributed by atoms with Crippen LogP contribution >= 0.6 is 0 Å². The van der Waals surface area contributed by atoms with Crippen molar-refractivity contribution in [2.45, 2.75) is 32.0 Å². The van der Waals surface area contributed by atoms with Gasteiger partial charge in [0.25, 0.3) is 0 Å². The van der Waals surface area contributed by atoms with Gasteiger partial charge in [0, 0.05) is 30.5 Å². The molecule has 3 nitrogen and oxygen atoms in total. The van der Waals surface area contributed by atoms with Crippen LogP contribution in [0.2, 0.25) is 0 Å². The summed E-state index contributed by atoms with van der Waals surface area (Å²) in [5.41, 5.74) is 0.227. The van der Waals surface area contributed by atoms with Crippen LogP contribution in [-0.2, 0) is 4.74 Å². The van der Waals surface area contributed by atoms with E-state index < -0.39 is 11.7 Å². The summed E-state index contributed by atoms with van der Waals surface area (Å²) in [7, 11) is 1.63. The monoisotopic (exact) mass is 245 g/mol. The number of aromatic nitrogens is 1. The normalized spacial score (nSPS) is 16.4. The van der Waals surface area contributed by atoms with Crippen molar-refractivity contribution in [1.82, 2.24) is 4.98 Å². The van der Waals surface area contributed by atoms with Crippen molar-refractivity contribution < 1.29 is 9.84 Å². The van der Waals surface area contributed by atoms with Gasteiger partial charge in [-0.05, 0) is 18.7 Å². The number of fused-ring (bicyclic) bond motifs is 1. The van der Waals surface area contributed by atoms with Crippen molar-refractivity contribution in [1.29, 1.82) is 0 Å². The molecule has 2 rings (SSSR count). The minimum atomic E-state index is -0.689. The fourth-order valence-electron chi connectivity index (χ4n) is 2.14. The molecule has 0 bridgehead atoms. The number of ether oxygens (including phenoxy) is 1. The molecule has 0 saturated carbocycles. The summed E-state index contributed by atoms with van der Waals surface area (Å²) in [5, 5.41) is 12.6. The highest BCUT2D eigenvalue weighted by atomic mass is 16.5. The number of hydrogen-bond donors (Lipinski definition) is 1. The third kappa shape index (κ3) is 2.11. The first-order chi connectivity index (χ1) is 8.62. The molecule has 0 fully saturated rings. The van der Waals surface area contributed by atoms with Crippen LogP contribution in [0.3, 0.4) is 0 Å². The maximum atomic E-state index is 10.6. The highest BCUT2D eigenvalue weighted by molar-refractivity contribution is 5.85. The maximum Gasteiger partial charge on any atom is 0.110 e. The Morgan fingerprint density at radius 2 is 2.06 bits per heavy atom. The van der Waals surface area contributed by atoms with Crippen molar-refractivity contribution in [3.63, 3.8) is 0 Å². The summed E-state index contributed by atoms with van der Waals surface area (Å²) >= 11 is 0. The molecule has 1 aromatic heterocycles. The van der Waals surface area contributed by atoms with Gasteiger partial charge in [0.1, 0.15) is 6.10 Å². The number of nitrogens with zero attached hydrogens (tertiary/aromatic N) is 1. The standard InChI is InChI=1S/C15H19NO2/c1-4-15(2,18-3)14(17)13-10-16-9-11-7-5-6-8-12(11)13/h5-10,14,17H,4H2,1-3H3. The van der Waals surface area contributed by atoms with Gasteiger partial charge in [0.2, 0.25) is 0 Å². The summed E-state index contributed by atoms with van der Waals surface area (Å²) in [6.45, 7) is 3.92. The number of pyridine rings is 1. The third-order valence-corrected chi connectivity index (χ3v) is 3.74. The summed E-state index contributed by atoms with van der Waals surface area (Å²) < 4.78 is 5.47. The Morgan fingerprint density at radius 1 is 1.33 bits per heavy atom. The van der Waals surface area contributed by atoms with E-state index in [1.54, 1.807) is 13.3 Å². The van der Waals surface area contributed by atoms with E-state index in [2.05, 4.69) is 4.98 Å². The van der Waals surface area contributed by atoms with Gasteiger partial charge in [0.05, 0.1) is 5.60 Å². The van der Waals surface area contributed by atoms with E-state index >= 15 is 0 Å². The molecule has 0 aliphatic carbocycles. The van der Waals surface area contributed by atoms with Crippen LogP contribution in [0.15, 0.2) is 36.7 Å². The smallest absolute Gasteiger partial charge is 0.110 e. The Morgan fingerprint density at radius 3 is 2.72 bits per heavy atom. The zero-order valence-corrected chi connectivity index (χ0v) is 11.1. The minimum Gasteiger partial charge on any atom is -0.385 e. The largest absolute Gasteiger partial charge is 0.385 e. The van der Waals surface area contributed by atoms with Crippen LogP contribution in [0.25, 0.3) is 10.8 Å². The summed E-state index contributed by atoms with van der Waals surface area (Å²) in [4.78, 5) is 4.20. The topological polar surface area (TPSA) is 42.4 Å². The summed E-state index contributed by atoms with van der Waals surface area (Å²) in [6, 6.07) is 7.93. The first-order valence-corrected chi connectivity index (χ1v) is 6.18. The first kappa shape index (κ1) is 13.0. The number of methoxy groups -OCH3 is 1. The predicted molar refractivity (Wildman–Crippen MR) is 72.4 cm³/mol. The lowest BCUT2D eigenvalue weighted by Gasteiger charge is -2.32. The second-order valence-electron chi connectivity index (χ2n) is 4.72. The number of rotatable bonds is 4. The molecular weight excluding hydrogens is 226 g/mol. The predicted octanol–water partition coefficient (Wildman–Crippen LogP) is 3.08. The molecular formula is C15H19NO2. The highest BCUT2D eigenvalue weighted by Crippen LogP contribution is 2.34. The van der Waals surface area contributed by atoms with E-state index in [0.717, 1.165) is 22.8 Å². The molecule has 0 saturated heterocycles. The van der Waals surface area contributed by atoms with Gasteiger partial charge in [-0.2, -0.15) is 0 Å². The van der Waals surface area contributed by atoms with E-state index in [-0.39, 0.29) is 0 Å². The van der Waals surface area contributed by atoms with Gasteiger partial charge >= 0.3 is 0 Å². The molecule has 2 unspecified atom stereocenters. The van der Waals surface area contributed by atoms with Gasteiger partial charge in [0.15, 0.2) is 0 Å². The van der Waals surface area contributed by atoms with E-state index in [0.29, 0.717) is 0 Å². The van der Waals surface area contributed by atoms with Gasteiger partial charge in [-0.25, -0.2) is 0 Å². The Bertz CT molecular complexity index is 530. The molecule has 1 heterocycles. The van der Waals surface area contributed by atoms with E-state index in [4.69, 9.17) is 4.74 Å². The molecule has 18 heavy (non-hydrogen) atoms. The maximum absolute atomic E-state index is 10.6. The van der Waals surface area contributed by atoms with Gasteiger partial charge < -0.3 is 9.84 Å². The average Bonchev–Trinajstić information content (AvgIpc) is 2.45. The third-order valence-electron chi connectivity index (χ3n) is 3.74. The van der Waals surface area contributed by atoms with E-state index in [1.165, 1.54) is 0 Å². The Kier molecular flexibility index (Phi) is 3.64. The fraction of sp³-hybridized carbons (Fsp3) is 0.400. The van der Waals surface area contributed by atoms with Crippen LogP contribution in [0, 0.1) is 0 Å². The molecule has 96 valence electrons. The van der Waals surface area contributed by atoms with Crippen LogP contribution in [-0.4, -0.2) is 22.8 Å². The lowest BCUT2D eigenvalue weighted by Crippen LogP contribution is -2.34. The first-order valence-electron chi connectivity index (χ1n) is 6.18. The SMILES string of the molecule is CCC(C)(OC)C(O)c1cncc2ccccc12. The van der Waals surface area contributed by atoms with Crippen molar-refractivity contribution in [2.75, 3.05) is 7.11 Å². The van der Waals surface area contributed by atoms with E-state index in [9.17, 15) is 5.11 Å². The number of aliphatic hydroxyl groups is 1. The number of benzene rings is 1. The van der Waals surface area contributed by atoms with Crippen molar-refractivity contribution >= 4 is 10.8 Å². The molecule has 0 spiro atoms. The van der Waals surface area contributed by atoms with Crippen molar-refractivity contribution in [3.05, 3.63) is 42.2 Å².